The Morgan fingerprint density at radius 2 is 2.04 bits per heavy atom. The summed E-state index contributed by atoms with van der Waals surface area (Å²) >= 11 is 0. The first kappa shape index (κ1) is 15.6. The van der Waals surface area contributed by atoms with Crippen molar-refractivity contribution in [1.29, 1.82) is 0 Å². The topological polar surface area (TPSA) is 68.2 Å². The number of aromatic hydroxyl groups is 1. The Bertz CT molecular complexity index is 581. The first-order valence-electron chi connectivity index (χ1n) is 8.28. The molecule has 0 aromatic heterocycles. The fourth-order valence-corrected chi connectivity index (χ4v) is 2.83. The quantitative estimate of drug-likeness (QED) is 0.646. The Kier molecular flexibility index (Phi) is 4.69. The van der Waals surface area contributed by atoms with Gasteiger partial charge in [-0.05, 0) is 37.5 Å². The molecule has 6 heteroatoms. The molecule has 1 aromatic rings. The molecule has 2 N–H and O–H groups in total. The van der Waals surface area contributed by atoms with Gasteiger partial charge >= 0.3 is 0 Å². The summed E-state index contributed by atoms with van der Waals surface area (Å²) in [5.41, 5.74) is 1.03. The number of amides is 1. The molecule has 23 heavy (non-hydrogen) atoms. The maximum absolute atomic E-state index is 12.3. The Hall–Kier alpha value is -2.24. The second-order valence-electron chi connectivity index (χ2n) is 6.08. The molecule has 0 atom stereocenters. The highest BCUT2D eigenvalue weighted by Gasteiger charge is 2.36. The van der Waals surface area contributed by atoms with Crippen LogP contribution >= 0.6 is 0 Å². The van der Waals surface area contributed by atoms with Gasteiger partial charge in [0, 0.05) is 25.7 Å². The minimum absolute atomic E-state index is 0.203. The van der Waals surface area contributed by atoms with E-state index in [2.05, 4.69) is 10.3 Å². The molecule has 124 valence electrons. The van der Waals surface area contributed by atoms with Crippen LogP contribution in [0.3, 0.4) is 0 Å². The number of guanidine groups is 1. The Morgan fingerprint density at radius 1 is 1.30 bits per heavy atom. The van der Waals surface area contributed by atoms with E-state index in [4.69, 9.17) is 0 Å². The molecule has 0 spiro atoms. The number of carbonyl (C=O) groups is 1. The molecule has 2 fully saturated rings. The van der Waals surface area contributed by atoms with Crippen LogP contribution in [0.2, 0.25) is 0 Å². The zero-order chi connectivity index (χ0) is 16.2. The van der Waals surface area contributed by atoms with Gasteiger partial charge in [-0.15, -0.1) is 0 Å². The van der Waals surface area contributed by atoms with Crippen molar-refractivity contribution in [2.45, 2.75) is 32.4 Å². The molecule has 0 bridgehead atoms. The average Bonchev–Trinajstić information content (AvgIpc) is 3.37. The number of phenols is 1. The first-order valence-corrected chi connectivity index (χ1v) is 8.28. The number of benzene rings is 1. The molecule has 1 aliphatic heterocycles. The van der Waals surface area contributed by atoms with E-state index < -0.39 is 0 Å². The van der Waals surface area contributed by atoms with Gasteiger partial charge in [0.25, 0.3) is 0 Å². The second kappa shape index (κ2) is 6.89. The van der Waals surface area contributed by atoms with Crippen molar-refractivity contribution in [2.75, 3.05) is 26.2 Å². The minimum Gasteiger partial charge on any atom is -0.508 e. The SMILES string of the molecule is CCNC(=NCc1ccc(O)cc1)N1CCN(C2CC2)C(=O)C1. The largest absolute Gasteiger partial charge is 0.508 e. The molecule has 1 saturated heterocycles. The van der Waals surface area contributed by atoms with Crippen LogP contribution in [-0.2, 0) is 11.3 Å². The molecule has 3 rings (SSSR count). The fraction of sp³-hybridized carbons (Fsp3) is 0.529. The molecule has 2 aliphatic rings. The number of hydrogen-bond acceptors (Lipinski definition) is 3. The van der Waals surface area contributed by atoms with E-state index in [0.29, 0.717) is 19.1 Å². The van der Waals surface area contributed by atoms with Gasteiger partial charge in [-0.3, -0.25) is 4.79 Å². The fourth-order valence-electron chi connectivity index (χ4n) is 2.83. The smallest absolute Gasteiger partial charge is 0.242 e. The highest BCUT2D eigenvalue weighted by atomic mass is 16.3. The summed E-state index contributed by atoms with van der Waals surface area (Å²) in [5.74, 6) is 1.24. The van der Waals surface area contributed by atoms with Gasteiger partial charge in [0.1, 0.15) is 5.75 Å². The average molecular weight is 316 g/mol. The second-order valence-corrected chi connectivity index (χ2v) is 6.08. The van der Waals surface area contributed by atoms with Crippen LogP contribution in [0.25, 0.3) is 0 Å². The van der Waals surface area contributed by atoms with Gasteiger partial charge in [0.05, 0.1) is 13.1 Å². The van der Waals surface area contributed by atoms with E-state index >= 15 is 0 Å². The third-order valence-electron chi connectivity index (χ3n) is 4.23. The van der Waals surface area contributed by atoms with Crippen molar-refractivity contribution < 1.29 is 9.90 Å². The van der Waals surface area contributed by atoms with Crippen molar-refractivity contribution in [3.05, 3.63) is 29.8 Å². The predicted molar refractivity (Wildman–Crippen MR) is 89.2 cm³/mol. The Labute approximate surface area is 136 Å². The van der Waals surface area contributed by atoms with E-state index in [9.17, 15) is 9.90 Å². The number of phenolic OH excluding ortho intramolecular Hbond substituents is 1. The number of piperazine rings is 1. The molecule has 0 radical (unpaired) electrons. The van der Waals surface area contributed by atoms with Crippen molar-refractivity contribution in [3.8, 4) is 5.75 Å². The molecular weight excluding hydrogens is 292 g/mol. The van der Waals surface area contributed by atoms with Crippen LogP contribution in [-0.4, -0.2) is 59.0 Å². The van der Waals surface area contributed by atoms with E-state index in [-0.39, 0.29) is 11.7 Å². The van der Waals surface area contributed by atoms with Crippen LogP contribution < -0.4 is 5.32 Å². The van der Waals surface area contributed by atoms with E-state index in [0.717, 1.165) is 44.0 Å². The summed E-state index contributed by atoms with van der Waals surface area (Å²) in [7, 11) is 0. The molecule has 6 nitrogen and oxygen atoms in total. The van der Waals surface area contributed by atoms with Crippen molar-refractivity contribution in [1.82, 2.24) is 15.1 Å². The number of rotatable bonds is 4. The summed E-state index contributed by atoms with van der Waals surface area (Å²) in [4.78, 5) is 21.0. The Morgan fingerprint density at radius 3 is 2.65 bits per heavy atom. The van der Waals surface area contributed by atoms with Gasteiger partial charge in [0.15, 0.2) is 5.96 Å². The van der Waals surface area contributed by atoms with E-state index in [1.807, 2.05) is 28.9 Å². The van der Waals surface area contributed by atoms with Crippen LogP contribution in [0.1, 0.15) is 25.3 Å². The van der Waals surface area contributed by atoms with Crippen LogP contribution in [0, 0.1) is 0 Å². The molecule has 0 unspecified atom stereocenters. The maximum atomic E-state index is 12.3. The summed E-state index contributed by atoms with van der Waals surface area (Å²) in [6.45, 7) is 5.33. The molecule has 1 aliphatic carbocycles. The van der Waals surface area contributed by atoms with Gasteiger partial charge in [-0.25, -0.2) is 4.99 Å². The lowest BCUT2D eigenvalue weighted by atomic mass is 10.2. The highest BCUT2D eigenvalue weighted by molar-refractivity contribution is 5.88. The zero-order valence-corrected chi connectivity index (χ0v) is 13.5. The number of nitrogens with zero attached hydrogens (tertiary/aromatic N) is 3. The van der Waals surface area contributed by atoms with Gasteiger partial charge in [0.2, 0.25) is 5.91 Å². The summed E-state index contributed by atoms with van der Waals surface area (Å²) < 4.78 is 0. The summed E-state index contributed by atoms with van der Waals surface area (Å²) in [5, 5.41) is 12.6. The number of nitrogens with one attached hydrogen (secondary N) is 1. The Balaban J connectivity index is 1.64. The van der Waals surface area contributed by atoms with Gasteiger partial charge in [-0.2, -0.15) is 0 Å². The third kappa shape index (κ3) is 3.94. The van der Waals surface area contributed by atoms with E-state index in [1.54, 1.807) is 12.1 Å². The lowest BCUT2D eigenvalue weighted by Gasteiger charge is -2.36. The molecule has 1 aromatic carbocycles. The molecule has 1 saturated carbocycles. The first-order chi connectivity index (χ1) is 11.2. The van der Waals surface area contributed by atoms with Crippen molar-refractivity contribution in [2.24, 2.45) is 4.99 Å². The highest BCUT2D eigenvalue weighted by Crippen LogP contribution is 2.28. The van der Waals surface area contributed by atoms with E-state index in [1.165, 1.54) is 0 Å². The maximum Gasteiger partial charge on any atom is 0.242 e. The monoisotopic (exact) mass is 316 g/mol. The lowest BCUT2D eigenvalue weighted by Crippen LogP contribution is -2.55. The summed E-state index contributed by atoms with van der Waals surface area (Å²) in [6.07, 6.45) is 2.31. The van der Waals surface area contributed by atoms with Crippen LogP contribution in [0.4, 0.5) is 0 Å². The zero-order valence-electron chi connectivity index (χ0n) is 13.5. The molecular formula is C17H24N4O2. The molecule has 1 heterocycles. The number of hydrogen-bond donors (Lipinski definition) is 2. The number of carbonyl (C=O) groups excluding carboxylic acids is 1. The number of aliphatic imine (C=N–C) groups is 1. The minimum atomic E-state index is 0.203. The van der Waals surface area contributed by atoms with Gasteiger partial charge < -0.3 is 20.2 Å². The standard InChI is InChI=1S/C17H24N4O2/c1-2-18-17(19-11-13-3-7-15(22)8-4-13)20-9-10-21(14-5-6-14)16(23)12-20/h3-4,7-8,14,22H,2,5-6,9-12H2,1H3,(H,18,19). The van der Waals surface area contributed by atoms with Crippen LogP contribution in [0.5, 0.6) is 5.75 Å². The van der Waals surface area contributed by atoms with Crippen molar-refractivity contribution >= 4 is 11.9 Å². The van der Waals surface area contributed by atoms with Gasteiger partial charge in [-0.1, -0.05) is 12.1 Å². The van der Waals surface area contributed by atoms with Crippen molar-refractivity contribution in [3.63, 3.8) is 0 Å². The molecule has 1 amide bonds. The summed E-state index contributed by atoms with van der Waals surface area (Å²) in [6, 6.07) is 7.53. The third-order valence-corrected chi connectivity index (χ3v) is 4.23. The normalized spacial score (nSPS) is 19.2. The van der Waals surface area contributed by atoms with Crippen LogP contribution in [0.15, 0.2) is 29.3 Å². The lowest BCUT2D eigenvalue weighted by molar-refractivity contribution is -0.135. The predicted octanol–water partition coefficient (Wildman–Crippen LogP) is 1.16.